The maximum atomic E-state index is 15.3. The van der Waals surface area contributed by atoms with Crippen LogP contribution >= 0.6 is 11.6 Å². The Bertz CT molecular complexity index is 1780. The van der Waals surface area contributed by atoms with Crippen LogP contribution in [-0.2, 0) is 11.3 Å². The van der Waals surface area contributed by atoms with E-state index in [0.29, 0.717) is 37.4 Å². The standard InChI is InChI=1S/C32H40BClFN7O4/c1-8-42(31(44)46-32(4,5)6)20-9-11-39(12-10-20)24-13-22(34)25(27-21(24)16-41(38-27)14-18(2)33)30(43)37-23-17-40-15-19(3)36-29(40)26(35)28(23)45-7/h13,15-18,20H,8-12,14H2,1-7H3,(H,37,43). The molecule has 244 valence electrons. The van der Waals surface area contributed by atoms with Crippen LogP contribution in [0.3, 0.4) is 0 Å². The minimum absolute atomic E-state index is 0.0277. The van der Waals surface area contributed by atoms with Crippen molar-refractivity contribution < 1.29 is 23.5 Å². The summed E-state index contributed by atoms with van der Waals surface area (Å²) in [7, 11) is 7.42. The van der Waals surface area contributed by atoms with Gasteiger partial charge in [-0.1, -0.05) is 24.3 Å². The fourth-order valence-electron chi connectivity index (χ4n) is 5.99. The molecule has 5 rings (SSSR count). The van der Waals surface area contributed by atoms with Gasteiger partial charge in [-0.25, -0.2) is 9.78 Å². The van der Waals surface area contributed by atoms with E-state index in [2.05, 4.69) is 15.2 Å². The molecule has 0 spiro atoms. The summed E-state index contributed by atoms with van der Waals surface area (Å²) in [6, 6.07) is 1.79. The predicted molar refractivity (Wildman–Crippen MR) is 178 cm³/mol. The number of carbonyl (C=O) groups excluding carboxylic acids is 2. The molecule has 1 unspecified atom stereocenters. The van der Waals surface area contributed by atoms with Crippen LogP contribution in [0, 0.1) is 12.7 Å². The highest BCUT2D eigenvalue weighted by Gasteiger charge is 2.32. The first-order chi connectivity index (χ1) is 21.7. The lowest BCUT2D eigenvalue weighted by Crippen LogP contribution is -2.48. The largest absolute Gasteiger partial charge is 0.491 e. The van der Waals surface area contributed by atoms with Gasteiger partial charge in [0.1, 0.15) is 16.8 Å². The molecule has 2 radical (unpaired) electrons. The molecule has 14 heteroatoms. The van der Waals surface area contributed by atoms with Crippen molar-refractivity contribution in [2.75, 3.05) is 37.0 Å². The smallest absolute Gasteiger partial charge is 0.410 e. The van der Waals surface area contributed by atoms with Crippen LogP contribution in [0.2, 0.25) is 10.8 Å². The summed E-state index contributed by atoms with van der Waals surface area (Å²) in [5.74, 6) is -1.60. The monoisotopic (exact) mass is 651 g/mol. The van der Waals surface area contributed by atoms with Gasteiger partial charge in [-0.15, -0.1) is 0 Å². The summed E-state index contributed by atoms with van der Waals surface area (Å²) in [5.41, 5.74) is 1.60. The third kappa shape index (κ3) is 6.74. The van der Waals surface area contributed by atoms with Crippen LogP contribution in [0.15, 0.2) is 24.7 Å². The molecule has 3 aromatic heterocycles. The number of pyridine rings is 1. The molecule has 4 heterocycles. The quantitative estimate of drug-likeness (QED) is 0.225. The van der Waals surface area contributed by atoms with Crippen molar-refractivity contribution in [3.63, 3.8) is 0 Å². The molecule has 4 aromatic rings. The maximum absolute atomic E-state index is 15.3. The van der Waals surface area contributed by atoms with E-state index in [-0.39, 0.29) is 45.6 Å². The number of nitrogens with zero attached hydrogens (tertiary/aromatic N) is 6. The van der Waals surface area contributed by atoms with Crippen molar-refractivity contribution in [3.05, 3.63) is 46.8 Å². The van der Waals surface area contributed by atoms with Crippen molar-refractivity contribution in [1.82, 2.24) is 24.1 Å². The van der Waals surface area contributed by atoms with Crippen LogP contribution in [0.1, 0.15) is 63.5 Å². The molecule has 1 N–H and O–H groups in total. The number of methoxy groups -OCH3 is 1. The number of ether oxygens (including phenoxy) is 2. The Morgan fingerprint density at radius 2 is 1.93 bits per heavy atom. The number of hydrogen-bond acceptors (Lipinski definition) is 7. The molecule has 1 aromatic carbocycles. The third-order valence-electron chi connectivity index (χ3n) is 7.91. The van der Waals surface area contributed by atoms with E-state index < -0.39 is 17.3 Å². The molecule has 1 aliphatic heterocycles. The first-order valence-electron chi connectivity index (χ1n) is 15.4. The molecule has 0 saturated carbocycles. The van der Waals surface area contributed by atoms with Gasteiger partial charge in [-0.3, -0.25) is 9.48 Å². The van der Waals surface area contributed by atoms with Crippen molar-refractivity contribution in [2.24, 2.45) is 0 Å². The molecule has 2 amide bonds. The van der Waals surface area contributed by atoms with Crippen LogP contribution < -0.4 is 15.0 Å². The fourth-order valence-corrected chi connectivity index (χ4v) is 6.26. The molecule has 1 saturated heterocycles. The maximum Gasteiger partial charge on any atom is 0.410 e. The number of imidazole rings is 1. The predicted octanol–water partition coefficient (Wildman–Crippen LogP) is 6.25. The number of carbonyl (C=O) groups is 2. The van der Waals surface area contributed by atoms with Gasteiger partial charge < -0.3 is 29.0 Å². The van der Waals surface area contributed by atoms with E-state index >= 15 is 4.39 Å². The Kier molecular flexibility index (Phi) is 9.44. The van der Waals surface area contributed by atoms with Gasteiger partial charge in [0.05, 0.1) is 31.2 Å². The molecule has 1 aliphatic rings. The zero-order chi connectivity index (χ0) is 33.5. The zero-order valence-electron chi connectivity index (χ0n) is 27.4. The normalized spacial score (nSPS) is 14.9. The van der Waals surface area contributed by atoms with E-state index in [4.69, 9.17) is 34.0 Å². The van der Waals surface area contributed by atoms with Gasteiger partial charge in [0.15, 0.2) is 11.4 Å². The highest BCUT2D eigenvalue weighted by molar-refractivity contribution is 6.37. The van der Waals surface area contributed by atoms with E-state index in [1.807, 2.05) is 40.8 Å². The lowest BCUT2D eigenvalue weighted by Gasteiger charge is -2.39. The number of piperidine rings is 1. The third-order valence-corrected chi connectivity index (χ3v) is 8.21. The van der Waals surface area contributed by atoms with Crippen molar-refractivity contribution >= 4 is 59.4 Å². The van der Waals surface area contributed by atoms with Crippen LogP contribution in [0.4, 0.5) is 20.6 Å². The number of aryl methyl sites for hydroxylation is 1. The summed E-state index contributed by atoms with van der Waals surface area (Å²) in [6.45, 7) is 13.4. The van der Waals surface area contributed by atoms with Crippen LogP contribution in [0.25, 0.3) is 16.6 Å². The van der Waals surface area contributed by atoms with Crippen LogP contribution in [0.5, 0.6) is 5.75 Å². The Hall–Kier alpha value is -4.00. The van der Waals surface area contributed by atoms with Crippen molar-refractivity contribution in [3.8, 4) is 5.75 Å². The summed E-state index contributed by atoms with van der Waals surface area (Å²) in [5, 5.41) is 8.43. The lowest BCUT2D eigenvalue weighted by atomic mass is 9.90. The average molecular weight is 652 g/mol. The van der Waals surface area contributed by atoms with E-state index in [1.54, 1.807) is 35.0 Å². The van der Waals surface area contributed by atoms with Crippen molar-refractivity contribution in [2.45, 2.75) is 78.4 Å². The zero-order valence-corrected chi connectivity index (χ0v) is 28.1. The summed E-state index contributed by atoms with van der Waals surface area (Å²) in [4.78, 5) is 34.9. The fraction of sp³-hybridized carbons (Fsp3) is 0.500. The first kappa shape index (κ1) is 33.4. The average Bonchev–Trinajstić information content (AvgIpc) is 3.54. The molecule has 0 aliphatic carbocycles. The number of anilines is 2. The second-order valence-electron chi connectivity index (χ2n) is 12.8. The van der Waals surface area contributed by atoms with E-state index in [1.165, 1.54) is 11.5 Å². The number of hydrogen-bond donors (Lipinski definition) is 1. The van der Waals surface area contributed by atoms with E-state index in [0.717, 1.165) is 23.9 Å². The number of halogens is 2. The van der Waals surface area contributed by atoms with Gasteiger partial charge in [0, 0.05) is 61.9 Å². The molecular formula is C32H40BClFN7O4. The molecule has 1 fully saturated rings. The minimum Gasteiger partial charge on any atom is -0.491 e. The van der Waals surface area contributed by atoms with Gasteiger partial charge in [0.2, 0.25) is 5.82 Å². The lowest BCUT2D eigenvalue weighted by molar-refractivity contribution is 0.0149. The Morgan fingerprint density at radius 1 is 1.24 bits per heavy atom. The summed E-state index contributed by atoms with van der Waals surface area (Å²) < 4.78 is 29.4. The number of amides is 2. The Morgan fingerprint density at radius 3 is 2.54 bits per heavy atom. The summed E-state index contributed by atoms with van der Waals surface area (Å²) >= 11 is 6.86. The van der Waals surface area contributed by atoms with Crippen molar-refractivity contribution in [1.29, 1.82) is 0 Å². The number of rotatable bonds is 8. The highest BCUT2D eigenvalue weighted by atomic mass is 35.5. The van der Waals surface area contributed by atoms with E-state index in [9.17, 15) is 9.59 Å². The number of fused-ring (bicyclic) bond motifs is 2. The molecular weight excluding hydrogens is 612 g/mol. The molecule has 0 bridgehead atoms. The second kappa shape index (κ2) is 13.0. The van der Waals surface area contributed by atoms with Gasteiger partial charge >= 0.3 is 6.09 Å². The Balaban J connectivity index is 1.47. The number of aromatic nitrogens is 4. The first-order valence-corrected chi connectivity index (χ1v) is 15.8. The minimum atomic E-state index is -0.696. The molecule has 46 heavy (non-hydrogen) atoms. The van der Waals surface area contributed by atoms with Gasteiger partial charge in [-0.2, -0.15) is 9.49 Å². The number of nitrogens with one attached hydrogen (secondary N) is 1. The Labute approximate surface area is 274 Å². The highest BCUT2D eigenvalue weighted by Crippen LogP contribution is 2.38. The van der Waals surface area contributed by atoms with Gasteiger partial charge in [-0.05, 0) is 53.5 Å². The SMILES string of the molecule is [B]C(C)Cn1cc2c(N3CCC(N(CC)C(=O)OC(C)(C)C)CC3)cc(Cl)c(C(=O)Nc3cn4cc(C)nc4c(F)c3OC)c2n1. The number of benzene rings is 1. The molecule has 11 nitrogen and oxygen atoms in total. The second-order valence-corrected chi connectivity index (χ2v) is 13.2. The summed E-state index contributed by atoms with van der Waals surface area (Å²) in [6.07, 6.45) is 6.20. The van der Waals surface area contributed by atoms with Crippen LogP contribution in [-0.4, -0.2) is 82.3 Å². The topological polar surface area (TPSA) is 106 Å². The van der Waals surface area contributed by atoms with Gasteiger partial charge in [0.25, 0.3) is 5.91 Å². The molecule has 1 atom stereocenters.